The Morgan fingerprint density at radius 1 is 1.31 bits per heavy atom. The van der Waals surface area contributed by atoms with Crippen LogP contribution in [0.3, 0.4) is 0 Å². The Morgan fingerprint density at radius 3 is 2.72 bits per heavy atom. The molecule has 2 bridgehead atoms. The third kappa shape index (κ3) is 2.35. The molecule has 1 amide bonds. The highest BCUT2D eigenvalue weighted by molar-refractivity contribution is 6.10. The van der Waals surface area contributed by atoms with E-state index in [1.54, 1.807) is 0 Å². The number of nitrogens with one attached hydrogen (secondary N) is 1. The summed E-state index contributed by atoms with van der Waals surface area (Å²) < 4.78 is 6.41. The van der Waals surface area contributed by atoms with Gasteiger partial charge < -0.3 is 15.2 Å². The van der Waals surface area contributed by atoms with Crippen LogP contribution in [-0.4, -0.2) is 40.6 Å². The lowest BCUT2D eigenvalue weighted by Gasteiger charge is -2.53. The van der Waals surface area contributed by atoms with Crippen LogP contribution in [0.5, 0.6) is 0 Å². The van der Waals surface area contributed by atoms with E-state index in [1.807, 2.05) is 0 Å². The quantitative estimate of drug-likeness (QED) is 0.551. The van der Waals surface area contributed by atoms with Crippen molar-refractivity contribution in [2.24, 2.45) is 40.9 Å². The van der Waals surface area contributed by atoms with E-state index in [2.05, 4.69) is 46.0 Å². The number of fused-ring (bicyclic) bond motifs is 6. The summed E-state index contributed by atoms with van der Waals surface area (Å²) in [4.78, 5) is 27.5. The fourth-order valence-corrected chi connectivity index (χ4v) is 8.01. The first kappa shape index (κ1) is 19.7. The molecular formula is C24H35NO4. The Hall–Kier alpha value is -1.20. The van der Waals surface area contributed by atoms with E-state index < -0.39 is 11.5 Å². The average molecular weight is 402 g/mol. The SMILES string of the molecule is CC1=C[C@@H]2[C@@H]3[C@H](CC(=O)C24C(=O)N[C@@H](CC(C)C)[C@@H]4[C@@H]1C)[C@@H]1O[C@@]3(C)CC[C@H]1O. The molecule has 0 aromatic rings. The fourth-order valence-electron chi connectivity index (χ4n) is 8.01. The van der Waals surface area contributed by atoms with Crippen LogP contribution in [0.25, 0.3) is 0 Å². The van der Waals surface area contributed by atoms with Crippen molar-refractivity contribution in [1.29, 1.82) is 0 Å². The summed E-state index contributed by atoms with van der Waals surface area (Å²) in [6.45, 7) is 10.9. The Balaban J connectivity index is 1.67. The van der Waals surface area contributed by atoms with Crippen molar-refractivity contribution in [2.45, 2.75) is 84.2 Å². The molecule has 1 spiro atoms. The molecule has 5 aliphatic rings. The van der Waals surface area contributed by atoms with Crippen LogP contribution >= 0.6 is 0 Å². The largest absolute Gasteiger partial charge is 0.390 e. The van der Waals surface area contributed by atoms with E-state index in [-0.39, 0.29) is 59.0 Å². The Morgan fingerprint density at radius 2 is 2.03 bits per heavy atom. The molecule has 2 aliphatic carbocycles. The normalized spacial score (nSPS) is 53.3. The third-order valence-electron chi connectivity index (χ3n) is 9.18. The van der Waals surface area contributed by atoms with Gasteiger partial charge >= 0.3 is 0 Å². The van der Waals surface area contributed by atoms with Gasteiger partial charge in [-0.2, -0.15) is 0 Å². The highest BCUT2D eigenvalue weighted by atomic mass is 16.5. The van der Waals surface area contributed by atoms with E-state index >= 15 is 0 Å². The first-order chi connectivity index (χ1) is 13.6. The van der Waals surface area contributed by atoms with Crippen LogP contribution in [0.4, 0.5) is 0 Å². The van der Waals surface area contributed by atoms with Crippen molar-refractivity contribution in [3.05, 3.63) is 11.6 Å². The molecule has 1 unspecified atom stereocenters. The van der Waals surface area contributed by atoms with Gasteiger partial charge in [0.05, 0.1) is 17.8 Å². The molecule has 5 heteroatoms. The van der Waals surface area contributed by atoms with Gasteiger partial charge in [-0.25, -0.2) is 0 Å². The van der Waals surface area contributed by atoms with Crippen molar-refractivity contribution in [3.63, 3.8) is 0 Å². The number of Topliss-reactive ketones (excluding diaryl/α,β-unsaturated/α-hetero) is 1. The van der Waals surface area contributed by atoms with Crippen molar-refractivity contribution in [3.8, 4) is 0 Å². The highest BCUT2D eigenvalue weighted by Gasteiger charge is 2.74. The zero-order chi connectivity index (χ0) is 20.9. The lowest BCUT2D eigenvalue weighted by Crippen LogP contribution is -2.61. The predicted octanol–water partition coefficient (Wildman–Crippen LogP) is 2.86. The van der Waals surface area contributed by atoms with Crippen molar-refractivity contribution < 1.29 is 19.4 Å². The number of allylic oxidation sites excluding steroid dienone is 2. The third-order valence-corrected chi connectivity index (χ3v) is 9.18. The van der Waals surface area contributed by atoms with E-state index in [1.165, 1.54) is 5.57 Å². The number of rotatable bonds is 2. The van der Waals surface area contributed by atoms with Crippen molar-refractivity contribution in [1.82, 2.24) is 5.32 Å². The van der Waals surface area contributed by atoms with Crippen molar-refractivity contribution >= 4 is 11.7 Å². The minimum atomic E-state index is -0.964. The number of aliphatic hydroxyl groups is 1. The van der Waals surface area contributed by atoms with Gasteiger partial charge in [-0.05, 0) is 44.9 Å². The number of carbonyl (C=O) groups excluding carboxylic acids is 2. The van der Waals surface area contributed by atoms with Crippen LogP contribution in [0.1, 0.15) is 60.3 Å². The monoisotopic (exact) mass is 401 g/mol. The molecule has 4 fully saturated rings. The lowest BCUT2D eigenvalue weighted by atomic mass is 9.46. The number of ether oxygens (including phenoxy) is 1. The van der Waals surface area contributed by atoms with Gasteiger partial charge in [0.2, 0.25) is 5.91 Å². The van der Waals surface area contributed by atoms with Crippen molar-refractivity contribution in [2.75, 3.05) is 0 Å². The maximum absolute atomic E-state index is 13.8. The van der Waals surface area contributed by atoms with Gasteiger partial charge in [0.1, 0.15) is 11.2 Å². The number of hydrogen-bond donors (Lipinski definition) is 2. The summed E-state index contributed by atoms with van der Waals surface area (Å²) in [6.07, 6.45) is 4.23. The second-order valence-electron chi connectivity index (χ2n) is 11.1. The van der Waals surface area contributed by atoms with Crippen LogP contribution < -0.4 is 5.32 Å². The second kappa shape index (κ2) is 6.16. The van der Waals surface area contributed by atoms with Crippen LogP contribution in [0.15, 0.2) is 11.6 Å². The highest BCUT2D eigenvalue weighted by Crippen LogP contribution is 2.66. The summed E-state index contributed by atoms with van der Waals surface area (Å²) in [5.41, 5.74) is -0.0420. The number of aliphatic hydroxyl groups excluding tert-OH is 1. The molecule has 5 rings (SSSR count). The molecule has 0 aromatic heterocycles. The van der Waals surface area contributed by atoms with Gasteiger partial charge in [-0.15, -0.1) is 0 Å². The molecule has 0 aromatic carbocycles. The molecule has 3 saturated heterocycles. The topological polar surface area (TPSA) is 75.6 Å². The predicted molar refractivity (Wildman–Crippen MR) is 109 cm³/mol. The fraction of sp³-hybridized carbons (Fsp3) is 0.833. The summed E-state index contributed by atoms with van der Waals surface area (Å²) in [5.74, 6) is 0.687. The molecular weight excluding hydrogens is 366 g/mol. The molecule has 0 radical (unpaired) electrons. The van der Waals surface area contributed by atoms with Gasteiger partial charge in [-0.3, -0.25) is 9.59 Å². The first-order valence-electron chi connectivity index (χ1n) is 11.5. The van der Waals surface area contributed by atoms with Gasteiger partial charge in [0, 0.05) is 36.1 Å². The summed E-state index contributed by atoms with van der Waals surface area (Å²) in [5, 5.41) is 13.8. The summed E-state index contributed by atoms with van der Waals surface area (Å²) in [6, 6.07) is 0.0456. The minimum Gasteiger partial charge on any atom is -0.390 e. The Kier molecular flexibility index (Phi) is 4.20. The molecule has 29 heavy (non-hydrogen) atoms. The number of hydrogen-bond acceptors (Lipinski definition) is 4. The van der Waals surface area contributed by atoms with Crippen LogP contribution in [0.2, 0.25) is 0 Å². The van der Waals surface area contributed by atoms with Crippen LogP contribution in [-0.2, 0) is 14.3 Å². The maximum Gasteiger partial charge on any atom is 0.234 e. The Bertz CT molecular complexity index is 790. The molecule has 5 nitrogen and oxygen atoms in total. The second-order valence-corrected chi connectivity index (χ2v) is 11.1. The number of carbonyl (C=O) groups is 2. The Labute approximate surface area is 173 Å². The molecule has 10 atom stereocenters. The first-order valence-corrected chi connectivity index (χ1v) is 11.5. The molecule has 2 N–H and O–H groups in total. The van der Waals surface area contributed by atoms with Gasteiger partial charge in [0.15, 0.2) is 0 Å². The summed E-state index contributed by atoms with van der Waals surface area (Å²) >= 11 is 0. The van der Waals surface area contributed by atoms with Gasteiger partial charge in [-0.1, -0.05) is 32.4 Å². The zero-order valence-electron chi connectivity index (χ0n) is 18.3. The molecule has 3 aliphatic heterocycles. The van der Waals surface area contributed by atoms with E-state index in [4.69, 9.17) is 4.74 Å². The average Bonchev–Trinajstić information content (AvgIpc) is 3.05. The van der Waals surface area contributed by atoms with Gasteiger partial charge in [0.25, 0.3) is 0 Å². The lowest BCUT2D eigenvalue weighted by molar-refractivity contribution is -0.157. The number of amides is 1. The standard InChI is InChI=1S/C24H35NO4/c1-11(2)8-16-19-13(4)12(3)9-15-20-14(10-18(27)24(15,19)22(28)25-16)21-17(26)6-7-23(20,5)29-21/h9,11,13-17,19-21,26H,6-8,10H2,1-5H3,(H,25,28)/t13-,14+,15-,16+,17-,19+,20+,21+,23+,24?/m1/s1. The number of ketones is 1. The maximum atomic E-state index is 13.8. The molecule has 3 heterocycles. The van der Waals surface area contributed by atoms with E-state index in [0.29, 0.717) is 18.8 Å². The van der Waals surface area contributed by atoms with E-state index in [9.17, 15) is 14.7 Å². The minimum absolute atomic E-state index is 0.00910. The van der Waals surface area contributed by atoms with Crippen LogP contribution in [0, 0.1) is 40.9 Å². The molecule has 160 valence electrons. The molecule has 1 saturated carbocycles. The summed E-state index contributed by atoms with van der Waals surface area (Å²) in [7, 11) is 0. The smallest absolute Gasteiger partial charge is 0.234 e. The van der Waals surface area contributed by atoms with E-state index in [0.717, 1.165) is 12.8 Å². The zero-order valence-corrected chi connectivity index (χ0v) is 18.3.